The quantitative estimate of drug-likeness (QED) is 0.882. The summed E-state index contributed by atoms with van der Waals surface area (Å²) in [7, 11) is 0. The largest absolute Gasteiger partial charge is 0.350 e. The van der Waals surface area contributed by atoms with Gasteiger partial charge in [-0.05, 0) is 37.5 Å². The van der Waals surface area contributed by atoms with Crippen LogP contribution >= 0.6 is 11.3 Å². The molecular weight excluding hydrogens is 284 g/mol. The second-order valence-electron chi connectivity index (χ2n) is 6.10. The van der Waals surface area contributed by atoms with Gasteiger partial charge in [0, 0.05) is 6.42 Å². The Bertz CT molecular complexity index is 685. The molecule has 0 unspecified atom stereocenters. The minimum atomic E-state index is 0.140. The van der Waals surface area contributed by atoms with Crippen LogP contribution in [0.2, 0.25) is 0 Å². The van der Waals surface area contributed by atoms with Gasteiger partial charge in [0.15, 0.2) is 0 Å². The van der Waals surface area contributed by atoms with E-state index in [2.05, 4.69) is 27.6 Å². The Morgan fingerprint density at radius 1 is 1.48 bits per heavy atom. The van der Waals surface area contributed by atoms with Gasteiger partial charge >= 0.3 is 0 Å². The van der Waals surface area contributed by atoms with Crippen LogP contribution in [0.25, 0.3) is 4.96 Å². The number of nitrogens with zero attached hydrogens (tertiary/aromatic N) is 3. The molecule has 1 amide bonds. The van der Waals surface area contributed by atoms with Crippen molar-refractivity contribution in [2.45, 2.75) is 32.7 Å². The first-order valence-electron chi connectivity index (χ1n) is 7.44. The Morgan fingerprint density at radius 2 is 2.38 bits per heavy atom. The minimum Gasteiger partial charge on any atom is -0.350 e. The van der Waals surface area contributed by atoms with E-state index >= 15 is 0 Å². The van der Waals surface area contributed by atoms with Crippen molar-refractivity contribution in [1.82, 2.24) is 19.9 Å². The van der Waals surface area contributed by atoms with E-state index in [9.17, 15) is 4.79 Å². The number of fused-ring (bicyclic) bond motifs is 3. The van der Waals surface area contributed by atoms with Crippen molar-refractivity contribution in [2.75, 3.05) is 0 Å². The van der Waals surface area contributed by atoms with E-state index in [1.54, 1.807) is 15.9 Å². The summed E-state index contributed by atoms with van der Waals surface area (Å²) in [5.74, 6) is 2.03. The molecule has 0 spiro atoms. The molecule has 3 atom stereocenters. The molecule has 2 aromatic heterocycles. The van der Waals surface area contributed by atoms with Crippen LogP contribution in [0.1, 0.15) is 30.0 Å². The summed E-state index contributed by atoms with van der Waals surface area (Å²) in [6, 6.07) is 0. The molecule has 2 aromatic rings. The molecule has 5 nitrogen and oxygen atoms in total. The number of amides is 1. The average molecular weight is 302 g/mol. The minimum absolute atomic E-state index is 0.140. The van der Waals surface area contributed by atoms with Crippen molar-refractivity contribution in [1.29, 1.82) is 0 Å². The highest BCUT2D eigenvalue weighted by Gasteiger charge is 2.36. The zero-order chi connectivity index (χ0) is 14.4. The molecule has 2 aliphatic rings. The van der Waals surface area contributed by atoms with Gasteiger partial charge in [-0.25, -0.2) is 9.50 Å². The zero-order valence-corrected chi connectivity index (χ0v) is 12.8. The number of hydrogen-bond acceptors (Lipinski definition) is 4. The predicted molar refractivity (Wildman–Crippen MR) is 80.9 cm³/mol. The standard InChI is InChI=1S/C15H18N4OS/c1-9-18-19-8-13(17-15(19)21-9)7-16-14(20)6-12-5-10-2-3-11(12)4-10/h2-3,8,10-12H,4-7H2,1H3,(H,16,20)/t10-,11+,12+/m1/s1. The van der Waals surface area contributed by atoms with Crippen molar-refractivity contribution in [2.24, 2.45) is 17.8 Å². The van der Waals surface area contributed by atoms with Gasteiger partial charge in [0.1, 0.15) is 5.01 Å². The third-order valence-electron chi connectivity index (χ3n) is 4.52. The van der Waals surface area contributed by atoms with Gasteiger partial charge in [0.25, 0.3) is 0 Å². The second kappa shape index (κ2) is 4.94. The SMILES string of the molecule is Cc1nn2cc(CNC(=O)C[C@@H]3C[C@@H]4C=C[C@H]3C4)nc2s1. The van der Waals surface area contributed by atoms with Gasteiger partial charge < -0.3 is 5.32 Å². The van der Waals surface area contributed by atoms with Crippen molar-refractivity contribution < 1.29 is 4.79 Å². The van der Waals surface area contributed by atoms with E-state index in [1.165, 1.54) is 12.8 Å². The molecule has 2 heterocycles. The van der Waals surface area contributed by atoms with Crippen LogP contribution in [0.3, 0.4) is 0 Å². The first-order valence-corrected chi connectivity index (χ1v) is 8.26. The summed E-state index contributed by atoms with van der Waals surface area (Å²) >= 11 is 1.56. The van der Waals surface area contributed by atoms with Gasteiger partial charge in [0.05, 0.1) is 18.4 Å². The van der Waals surface area contributed by atoms with E-state index in [0.717, 1.165) is 21.6 Å². The summed E-state index contributed by atoms with van der Waals surface area (Å²) in [6.07, 6.45) is 9.57. The van der Waals surface area contributed by atoms with Crippen molar-refractivity contribution in [3.8, 4) is 0 Å². The molecule has 0 aliphatic heterocycles. The second-order valence-corrected chi connectivity index (χ2v) is 7.26. The smallest absolute Gasteiger partial charge is 0.220 e. The van der Waals surface area contributed by atoms with E-state index < -0.39 is 0 Å². The van der Waals surface area contributed by atoms with Crippen LogP contribution in [-0.2, 0) is 11.3 Å². The number of nitrogens with one attached hydrogen (secondary N) is 1. The number of aromatic nitrogens is 3. The average Bonchev–Trinajstić information content (AvgIpc) is 3.15. The van der Waals surface area contributed by atoms with Crippen molar-refractivity contribution >= 4 is 22.2 Å². The lowest BCUT2D eigenvalue weighted by atomic mass is 9.90. The first kappa shape index (κ1) is 13.0. The topological polar surface area (TPSA) is 59.3 Å². The van der Waals surface area contributed by atoms with Crippen LogP contribution in [0.5, 0.6) is 0 Å². The lowest BCUT2D eigenvalue weighted by molar-refractivity contribution is -0.122. The summed E-state index contributed by atoms with van der Waals surface area (Å²) in [6.45, 7) is 2.45. The van der Waals surface area contributed by atoms with E-state index in [4.69, 9.17) is 0 Å². The predicted octanol–water partition coefficient (Wildman–Crippen LogP) is 2.32. The monoisotopic (exact) mass is 302 g/mol. The van der Waals surface area contributed by atoms with Crippen LogP contribution < -0.4 is 5.32 Å². The number of carbonyl (C=O) groups is 1. The number of aryl methyl sites for hydroxylation is 1. The Hall–Kier alpha value is -1.69. The number of rotatable bonds is 4. The number of hydrogen-bond donors (Lipinski definition) is 1. The summed E-state index contributed by atoms with van der Waals surface area (Å²) in [4.78, 5) is 17.4. The Morgan fingerprint density at radius 3 is 3.10 bits per heavy atom. The number of allylic oxidation sites excluding steroid dienone is 2. The normalized spacial score (nSPS) is 26.8. The summed E-state index contributed by atoms with van der Waals surface area (Å²) in [5, 5.41) is 8.31. The lowest BCUT2D eigenvalue weighted by Gasteiger charge is -2.17. The van der Waals surface area contributed by atoms with Gasteiger partial charge in [-0.15, -0.1) is 0 Å². The summed E-state index contributed by atoms with van der Waals surface area (Å²) < 4.78 is 1.78. The molecule has 4 rings (SSSR count). The molecule has 0 saturated heterocycles. The van der Waals surface area contributed by atoms with E-state index in [1.807, 2.05) is 13.1 Å². The Labute approximate surface area is 127 Å². The molecule has 1 fully saturated rings. The molecule has 21 heavy (non-hydrogen) atoms. The van der Waals surface area contributed by atoms with Crippen LogP contribution in [0.4, 0.5) is 0 Å². The van der Waals surface area contributed by atoms with Crippen LogP contribution in [0.15, 0.2) is 18.3 Å². The molecule has 6 heteroatoms. The summed E-state index contributed by atoms with van der Waals surface area (Å²) in [5.41, 5.74) is 0.870. The Kier molecular flexibility index (Phi) is 3.06. The van der Waals surface area contributed by atoms with E-state index in [-0.39, 0.29) is 5.91 Å². The first-order chi connectivity index (χ1) is 10.2. The molecule has 1 N–H and O–H groups in total. The van der Waals surface area contributed by atoms with Gasteiger partial charge in [-0.2, -0.15) is 5.10 Å². The molecule has 110 valence electrons. The molecule has 0 radical (unpaired) electrons. The van der Waals surface area contributed by atoms with Crippen molar-refractivity contribution in [3.05, 3.63) is 29.1 Å². The zero-order valence-electron chi connectivity index (χ0n) is 12.0. The highest BCUT2D eigenvalue weighted by Crippen LogP contribution is 2.44. The molecule has 2 bridgehead atoms. The molecule has 0 aromatic carbocycles. The van der Waals surface area contributed by atoms with Gasteiger partial charge in [0.2, 0.25) is 10.9 Å². The molecule has 1 saturated carbocycles. The fraction of sp³-hybridized carbons (Fsp3) is 0.533. The van der Waals surface area contributed by atoms with Gasteiger partial charge in [-0.3, -0.25) is 4.79 Å². The maximum atomic E-state index is 12.1. The Balaban J connectivity index is 1.32. The highest BCUT2D eigenvalue weighted by atomic mass is 32.1. The molecular formula is C15H18N4OS. The third kappa shape index (κ3) is 2.48. The van der Waals surface area contributed by atoms with Crippen molar-refractivity contribution in [3.63, 3.8) is 0 Å². The van der Waals surface area contributed by atoms with Gasteiger partial charge in [-0.1, -0.05) is 23.5 Å². The fourth-order valence-electron chi connectivity index (χ4n) is 3.56. The van der Waals surface area contributed by atoms with Crippen LogP contribution in [0, 0.1) is 24.7 Å². The highest BCUT2D eigenvalue weighted by molar-refractivity contribution is 7.16. The molecule has 2 aliphatic carbocycles. The number of imidazole rings is 1. The maximum absolute atomic E-state index is 12.1. The fourth-order valence-corrected chi connectivity index (χ4v) is 4.30. The van der Waals surface area contributed by atoms with E-state index in [0.29, 0.717) is 24.8 Å². The number of carbonyl (C=O) groups excluding carboxylic acids is 1. The third-order valence-corrected chi connectivity index (χ3v) is 5.36. The lowest BCUT2D eigenvalue weighted by Crippen LogP contribution is -2.26. The van der Waals surface area contributed by atoms with Crippen LogP contribution in [-0.4, -0.2) is 20.5 Å². The maximum Gasteiger partial charge on any atom is 0.220 e.